The first-order valence-electron chi connectivity index (χ1n) is 10.2. The van der Waals surface area contributed by atoms with Crippen molar-refractivity contribution in [3.8, 4) is 11.5 Å². The number of ether oxygens (including phenoxy) is 2. The molecule has 3 rings (SSSR count). The van der Waals surface area contributed by atoms with E-state index in [2.05, 4.69) is 24.0 Å². The SMILES string of the molecule is COc1cc(CN2CC[C@]3(C)[C@H]2CCCCC(=O)N3C)ccc1OC(C)C. The van der Waals surface area contributed by atoms with Gasteiger partial charge in [-0.1, -0.05) is 12.5 Å². The highest BCUT2D eigenvalue weighted by molar-refractivity contribution is 5.77. The van der Waals surface area contributed by atoms with Gasteiger partial charge in [0.05, 0.1) is 18.8 Å². The van der Waals surface area contributed by atoms with E-state index < -0.39 is 0 Å². The molecule has 0 saturated carbocycles. The molecule has 2 heterocycles. The highest BCUT2D eigenvalue weighted by Gasteiger charge is 2.48. The first-order chi connectivity index (χ1) is 12.8. The van der Waals surface area contributed by atoms with Crippen LogP contribution in [-0.2, 0) is 11.3 Å². The fourth-order valence-corrected chi connectivity index (χ4v) is 4.62. The first kappa shape index (κ1) is 20.0. The molecule has 2 aliphatic heterocycles. The van der Waals surface area contributed by atoms with Gasteiger partial charge >= 0.3 is 0 Å². The highest BCUT2D eigenvalue weighted by Crippen LogP contribution is 2.39. The van der Waals surface area contributed by atoms with Crippen LogP contribution in [0.15, 0.2) is 18.2 Å². The third kappa shape index (κ3) is 4.08. The fraction of sp³-hybridized carbons (Fsp3) is 0.682. The minimum Gasteiger partial charge on any atom is -0.493 e. The Balaban J connectivity index is 1.78. The molecule has 150 valence electrons. The van der Waals surface area contributed by atoms with Crippen LogP contribution in [0.25, 0.3) is 0 Å². The van der Waals surface area contributed by atoms with Crippen molar-refractivity contribution < 1.29 is 14.3 Å². The maximum atomic E-state index is 12.5. The topological polar surface area (TPSA) is 42.0 Å². The second-order valence-corrected chi connectivity index (χ2v) is 8.44. The largest absolute Gasteiger partial charge is 0.493 e. The molecule has 0 unspecified atom stereocenters. The Kier molecular flexibility index (Phi) is 5.99. The minimum absolute atomic E-state index is 0.0672. The molecule has 0 N–H and O–H groups in total. The molecule has 1 aromatic rings. The Bertz CT molecular complexity index is 676. The van der Waals surface area contributed by atoms with E-state index in [4.69, 9.17) is 9.47 Å². The van der Waals surface area contributed by atoms with Crippen molar-refractivity contribution in [2.75, 3.05) is 20.7 Å². The number of carbonyl (C=O) groups excluding carboxylic acids is 1. The quantitative estimate of drug-likeness (QED) is 0.785. The molecular weight excluding hydrogens is 340 g/mol. The third-order valence-electron chi connectivity index (χ3n) is 6.30. The summed E-state index contributed by atoms with van der Waals surface area (Å²) in [6.07, 6.45) is 5.12. The van der Waals surface area contributed by atoms with Crippen LogP contribution in [0.3, 0.4) is 0 Å². The Labute approximate surface area is 163 Å². The Morgan fingerprint density at radius 2 is 2.04 bits per heavy atom. The zero-order valence-corrected chi connectivity index (χ0v) is 17.5. The summed E-state index contributed by atoms with van der Waals surface area (Å²) in [4.78, 5) is 17.0. The second-order valence-electron chi connectivity index (χ2n) is 8.44. The molecule has 2 aliphatic rings. The van der Waals surface area contributed by atoms with Crippen LogP contribution < -0.4 is 9.47 Å². The van der Waals surface area contributed by atoms with E-state index in [0.717, 1.165) is 50.3 Å². The minimum atomic E-state index is -0.0672. The van der Waals surface area contributed by atoms with E-state index in [9.17, 15) is 4.79 Å². The molecular formula is C22H34N2O3. The van der Waals surface area contributed by atoms with Gasteiger partial charge < -0.3 is 14.4 Å². The summed E-state index contributed by atoms with van der Waals surface area (Å²) in [5, 5.41) is 0. The van der Waals surface area contributed by atoms with Crippen molar-refractivity contribution in [3.05, 3.63) is 23.8 Å². The highest BCUT2D eigenvalue weighted by atomic mass is 16.5. The normalized spacial score (nSPS) is 26.7. The van der Waals surface area contributed by atoms with Gasteiger partial charge in [0.2, 0.25) is 5.91 Å². The molecule has 0 spiro atoms. The lowest BCUT2D eigenvalue weighted by molar-refractivity contribution is -0.137. The number of hydrogen-bond acceptors (Lipinski definition) is 4. The van der Waals surface area contributed by atoms with Gasteiger partial charge in [-0.2, -0.15) is 0 Å². The Morgan fingerprint density at radius 1 is 1.26 bits per heavy atom. The maximum absolute atomic E-state index is 12.5. The smallest absolute Gasteiger partial charge is 0.222 e. The van der Waals surface area contributed by atoms with Crippen molar-refractivity contribution in [3.63, 3.8) is 0 Å². The fourth-order valence-electron chi connectivity index (χ4n) is 4.62. The molecule has 1 amide bonds. The van der Waals surface area contributed by atoms with Crippen molar-refractivity contribution >= 4 is 5.91 Å². The first-order valence-corrected chi connectivity index (χ1v) is 10.2. The average molecular weight is 375 g/mol. The van der Waals surface area contributed by atoms with Crippen molar-refractivity contribution in [2.45, 2.75) is 77.1 Å². The zero-order valence-electron chi connectivity index (χ0n) is 17.5. The van der Waals surface area contributed by atoms with Gasteiger partial charge in [-0.3, -0.25) is 9.69 Å². The van der Waals surface area contributed by atoms with Gasteiger partial charge in [0.25, 0.3) is 0 Å². The van der Waals surface area contributed by atoms with Gasteiger partial charge in [-0.05, 0) is 57.7 Å². The summed E-state index contributed by atoms with van der Waals surface area (Å²) >= 11 is 0. The van der Waals surface area contributed by atoms with Crippen molar-refractivity contribution in [1.29, 1.82) is 0 Å². The van der Waals surface area contributed by atoms with E-state index in [1.165, 1.54) is 5.56 Å². The lowest BCUT2D eigenvalue weighted by Crippen LogP contribution is -2.56. The predicted octanol–water partition coefficient (Wildman–Crippen LogP) is 3.85. The summed E-state index contributed by atoms with van der Waals surface area (Å²) in [6, 6.07) is 6.64. The van der Waals surface area contributed by atoms with Crippen LogP contribution in [0.2, 0.25) is 0 Å². The Hall–Kier alpha value is -1.75. The van der Waals surface area contributed by atoms with Crippen LogP contribution in [0.4, 0.5) is 0 Å². The van der Waals surface area contributed by atoms with E-state index in [0.29, 0.717) is 18.4 Å². The summed E-state index contributed by atoms with van der Waals surface area (Å²) in [5.74, 6) is 1.87. The van der Waals surface area contributed by atoms with Gasteiger partial charge in [-0.25, -0.2) is 0 Å². The molecule has 0 aliphatic carbocycles. The van der Waals surface area contributed by atoms with E-state index >= 15 is 0 Å². The summed E-state index contributed by atoms with van der Waals surface area (Å²) < 4.78 is 11.4. The number of hydrogen-bond donors (Lipinski definition) is 0. The lowest BCUT2D eigenvalue weighted by atomic mass is 9.85. The number of likely N-dealkylation sites (N-methyl/N-ethyl adjacent to an activating group) is 1. The molecule has 2 fully saturated rings. The molecule has 0 bridgehead atoms. The summed E-state index contributed by atoms with van der Waals surface area (Å²) in [5.41, 5.74) is 1.16. The van der Waals surface area contributed by atoms with Crippen LogP contribution in [0.5, 0.6) is 11.5 Å². The van der Waals surface area contributed by atoms with Crippen molar-refractivity contribution in [2.24, 2.45) is 0 Å². The van der Waals surface area contributed by atoms with Gasteiger partial charge in [0, 0.05) is 32.6 Å². The molecule has 0 aromatic heterocycles. The zero-order chi connectivity index (χ0) is 19.6. The number of benzene rings is 1. The maximum Gasteiger partial charge on any atom is 0.222 e. The number of methoxy groups -OCH3 is 1. The average Bonchev–Trinajstić information content (AvgIpc) is 2.94. The molecule has 5 nitrogen and oxygen atoms in total. The molecule has 2 saturated heterocycles. The molecule has 1 aromatic carbocycles. The van der Waals surface area contributed by atoms with Crippen LogP contribution in [0.1, 0.15) is 58.4 Å². The molecule has 2 atom stereocenters. The lowest BCUT2D eigenvalue weighted by Gasteiger charge is -2.44. The molecule has 5 heteroatoms. The van der Waals surface area contributed by atoms with Gasteiger partial charge in [-0.15, -0.1) is 0 Å². The van der Waals surface area contributed by atoms with Crippen LogP contribution in [-0.4, -0.2) is 54.1 Å². The number of nitrogens with zero attached hydrogens (tertiary/aromatic N) is 2. The van der Waals surface area contributed by atoms with E-state index in [1.807, 2.05) is 31.9 Å². The summed E-state index contributed by atoms with van der Waals surface area (Å²) in [7, 11) is 3.68. The second kappa shape index (κ2) is 8.09. The van der Waals surface area contributed by atoms with Crippen LogP contribution >= 0.6 is 0 Å². The van der Waals surface area contributed by atoms with Gasteiger partial charge in [0.15, 0.2) is 11.5 Å². The Morgan fingerprint density at radius 3 is 2.74 bits per heavy atom. The number of rotatable bonds is 5. The van der Waals surface area contributed by atoms with Crippen LogP contribution in [0, 0.1) is 0 Å². The van der Waals surface area contributed by atoms with Gasteiger partial charge in [0.1, 0.15) is 0 Å². The number of carbonyl (C=O) groups is 1. The summed E-state index contributed by atoms with van der Waals surface area (Å²) in [6.45, 7) is 8.20. The van der Waals surface area contributed by atoms with E-state index in [1.54, 1.807) is 7.11 Å². The van der Waals surface area contributed by atoms with Crippen molar-refractivity contribution in [1.82, 2.24) is 9.80 Å². The predicted molar refractivity (Wildman–Crippen MR) is 107 cm³/mol. The number of fused-ring (bicyclic) bond motifs is 1. The third-order valence-corrected chi connectivity index (χ3v) is 6.30. The number of amides is 1. The molecule has 27 heavy (non-hydrogen) atoms. The number of likely N-dealkylation sites (tertiary alicyclic amines) is 2. The van der Waals surface area contributed by atoms with E-state index in [-0.39, 0.29) is 11.6 Å². The monoisotopic (exact) mass is 374 g/mol. The molecule has 0 radical (unpaired) electrons. The standard InChI is InChI=1S/C22H34N2O3/c1-16(2)27-18-11-10-17(14-19(18)26-5)15-24-13-12-22(3)20(24)8-6-7-9-21(25)23(22)4/h10-11,14,16,20H,6-9,12-13,15H2,1-5H3/t20-,22-/m1/s1.